The van der Waals surface area contributed by atoms with E-state index in [9.17, 15) is 9.59 Å². The van der Waals surface area contributed by atoms with Gasteiger partial charge in [0.2, 0.25) is 5.91 Å². The van der Waals surface area contributed by atoms with Crippen molar-refractivity contribution in [2.75, 3.05) is 25.4 Å². The fraction of sp³-hybridized carbons (Fsp3) is 0.650. The molecule has 3 heterocycles. The van der Waals surface area contributed by atoms with E-state index < -0.39 is 0 Å². The van der Waals surface area contributed by atoms with E-state index in [2.05, 4.69) is 6.92 Å². The Bertz CT molecular complexity index is 896. The van der Waals surface area contributed by atoms with Crippen molar-refractivity contribution in [3.8, 4) is 0 Å². The molecule has 154 valence electrons. The van der Waals surface area contributed by atoms with Crippen molar-refractivity contribution >= 4 is 39.2 Å². The number of hydrogen-bond acceptors (Lipinski definition) is 6. The first kappa shape index (κ1) is 21.3. The molecule has 2 aromatic heterocycles. The minimum atomic E-state index is -0.000474. The Morgan fingerprint density at radius 2 is 2.11 bits per heavy atom. The van der Waals surface area contributed by atoms with Crippen LogP contribution in [0, 0.1) is 6.92 Å². The van der Waals surface area contributed by atoms with Crippen LogP contribution in [-0.4, -0.2) is 51.9 Å². The summed E-state index contributed by atoms with van der Waals surface area (Å²) in [6, 6.07) is 0. The molecule has 1 fully saturated rings. The van der Waals surface area contributed by atoms with E-state index in [1.165, 1.54) is 11.8 Å². The summed E-state index contributed by atoms with van der Waals surface area (Å²) < 4.78 is 7.51. The number of aryl methyl sites for hydroxylation is 2. The van der Waals surface area contributed by atoms with Gasteiger partial charge in [0.25, 0.3) is 5.56 Å². The third-order valence-electron chi connectivity index (χ3n) is 5.28. The Morgan fingerprint density at radius 3 is 2.71 bits per heavy atom. The van der Waals surface area contributed by atoms with Crippen LogP contribution >= 0.6 is 23.1 Å². The molecule has 0 N–H and O–H groups in total. The predicted octanol–water partition coefficient (Wildman–Crippen LogP) is 3.47. The van der Waals surface area contributed by atoms with Crippen LogP contribution in [0.15, 0.2) is 9.95 Å². The molecule has 1 aliphatic heterocycles. The van der Waals surface area contributed by atoms with Gasteiger partial charge in [-0.25, -0.2) is 4.98 Å². The van der Waals surface area contributed by atoms with Crippen molar-refractivity contribution in [3.05, 3.63) is 20.8 Å². The van der Waals surface area contributed by atoms with Gasteiger partial charge in [-0.3, -0.25) is 14.2 Å². The summed E-state index contributed by atoms with van der Waals surface area (Å²) in [6.07, 6.45) is 2.83. The third-order valence-corrected chi connectivity index (χ3v) is 7.28. The molecular formula is C20H29N3O3S2. The molecule has 0 bridgehead atoms. The van der Waals surface area contributed by atoms with E-state index in [-0.39, 0.29) is 23.3 Å². The number of amides is 1. The van der Waals surface area contributed by atoms with E-state index in [0.29, 0.717) is 24.8 Å². The van der Waals surface area contributed by atoms with E-state index >= 15 is 0 Å². The van der Waals surface area contributed by atoms with E-state index in [0.717, 1.165) is 46.5 Å². The van der Waals surface area contributed by atoms with Gasteiger partial charge in [0.15, 0.2) is 5.16 Å². The molecule has 1 aliphatic rings. The summed E-state index contributed by atoms with van der Waals surface area (Å²) in [7, 11) is 0. The monoisotopic (exact) mass is 423 g/mol. The number of thioether (sulfide) groups is 1. The molecule has 1 amide bonds. The van der Waals surface area contributed by atoms with Gasteiger partial charge in [-0.15, -0.1) is 11.3 Å². The average molecular weight is 424 g/mol. The second kappa shape index (κ2) is 9.41. The largest absolute Gasteiger partial charge is 0.376 e. The van der Waals surface area contributed by atoms with E-state index in [1.54, 1.807) is 20.8 Å². The Hall–Kier alpha value is -1.38. The summed E-state index contributed by atoms with van der Waals surface area (Å²) in [4.78, 5) is 34.4. The minimum Gasteiger partial charge on any atom is -0.376 e. The zero-order valence-corrected chi connectivity index (χ0v) is 18.8. The highest BCUT2D eigenvalue weighted by molar-refractivity contribution is 7.99. The molecule has 0 saturated carbocycles. The third kappa shape index (κ3) is 4.28. The number of ether oxygens (including phenoxy) is 1. The van der Waals surface area contributed by atoms with Crippen molar-refractivity contribution in [1.29, 1.82) is 0 Å². The summed E-state index contributed by atoms with van der Waals surface area (Å²) in [6.45, 7) is 10.7. The van der Waals surface area contributed by atoms with Gasteiger partial charge in [-0.05, 0) is 45.6 Å². The number of nitrogens with zero attached hydrogens (tertiary/aromatic N) is 3. The molecule has 0 aromatic carbocycles. The Morgan fingerprint density at radius 1 is 1.36 bits per heavy atom. The van der Waals surface area contributed by atoms with E-state index in [4.69, 9.17) is 9.72 Å². The maximum absolute atomic E-state index is 13.4. The molecule has 28 heavy (non-hydrogen) atoms. The van der Waals surface area contributed by atoms with E-state index in [1.807, 2.05) is 20.8 Å². The fourth-order valence-electron chi connectivity index (χ4n) is 3.71. The maximum atomic E-state index is 13.4. The molecule has 2 aromatic rings. The number of thiophene rings is 1. The van der Waals surface area contributed by atoms with Crippen molar-refractivity contribution in [2.24, 2.45) is 0 Å². The maximum Gasteiger partial charge on any atom is 0.263 e. The summed E-state index contributed by atoms with van der Waals surface area (Å²) in [5.41, 5.74) is 1.09. The van der Waals surface area contributed by atoms with Crippen molar-refractivity contribution < 1.29 is 9.53 Å². The Kier molecular flexibility index (Phi) is 7.17. The van der Waals surface area contributed by atoms with Crippen LogP contribution in [-0.2, 0) is 22.5 Å². The van der Waals surface area contributed by atoms with Gasteiger partial charge in [-0.2, -0.15) is 0 Å². The van der Waals surface area contributed by atoms with Gasteiger partial charge in [0.1, 0.15) is 4.83 Å². The zero-order chi connectivity index (χ0) is 20.3. The summed E-state index contributed by atoms with van der Waals surface area (Å²) in [5, 5.41) is 1.36. The van der Waals surface area contributed by atoms with Crippen LogP contribution in [0.2, 0.25) is 0 Å². The number of rotatable bonds is 8. The van der Waals surface area contributed by atoms with Crippen LogP contribution in [0.5, 0.6) is 0 Å². The highest BCUT2D eigenvalue weighted by atomic mass is 32.2. The highest BCUT2D eigenvalue weighted by Gasteiger charge is 2.23. The SMILES string of the molecule is CCc1c(C)sc2nc(SCC(=O)N(CC)CC)n(CC3CCCO3)c(=O)c12. The lowest BCUT2D eigenvalue weighted by Crippen LogP contribution is -2.33. The summed E-state index contributed by atoms with van der Waals surface area (Å²) in [5.74, 6) is 0.362. The van der Waals surface area contributed by atoms with Crippen LogP contribution < -0.4 is 5.56 Å². The lowest BCUT2D eigenvalue weighted by Gasteiger charge is -2.19. The van der Waals surface area contributed by atoms with Gasteiger partial charge < -0.3 is 9.64 Å². The number of aromatic nitrogens is 2. The van der Waals surface area contributed by atoms with Gasteiger partial charge in [0.05, 0.1) is 23.8 Å². The van der Waals surface area contributed by atoms with Crippen LogP contribution in [0.25, 0.3) is 10.2 Å². The topological polar surface area (TPSA) is 64.4 Å². The van der Waals surface area contributed by atoms with Crippen molar-refractivity contribution in [2.45, 2.75) is 64.8 Å². The van der Waals surface area contributed by atoms with Crippen molar-refractivity contribution in [3.63, 3.8) is 0 Å². The molecule has 1 saturated heterocycles. The highest BCUT2D eigenvalue weighted by Crippen LogP contribution is 2.30. The zero-order valence-electron chi connectivity index (χ0n) is 17.1. The molecule has 0 radical (unpaired) electrons. The predicted molar refractivity (Wildman–Crippen MR) is 116 cm³/mol. The molecule has 8 heteroatoms. The second-order valence-electron chi connectivity index (χ2n) is 6.97. The smallest absolute Gasteiger partial charge is 0.263 e. The molecule has 0 spiro atoms. The summed E-state index contributed by atoms with van der Waals surface area (Å²) >= 11 is 2.93. The lowest BCUT2D eigenvalue weighted by atomic mass is 10.1. The second-order valence-corrected chi connectivity index (χ2v) is 9.12. The quantitative estimate of drug-likeness (QED) is 0.481. The Labute approximate surface area is 174 Å². The molecular weight excluding hydrogens is 394 g/mol. The molecule has 6 nitrogen and oxygen atoms in total. The number of carbonyl (C=O) groups excluding carboxylic acids is 1. The number of fused-ring (bicyclic) bond motifs is 1. The van der Waals surface area contributed by atoms with Gasteiger partial charge in [0, 0.05) is 24.6 Å². The van der Waals surface area contributed by atoms with Crippen LogP contribution in [0.3, 0.4) is 0 Å². The van der Waals surface area contributed by atoms with Crippen LogP contribution in [0.1, 0.15) is 44.1 Å². The minimum absolute atomic E-state index is 0.000474. The normalized spacial score (nSPS) is 16.8. The molecule has 1 atom stereocenters. The van der Waals surface area contributed by atoms with Crippen molar-refractivity contribution in [1.82, 2.24) is 14.5 Å². The lowest BCUT2D eigenvalue weighted by molar-refractivity contribution is -0.127. The molecule has 3 rings (SSSR count). The number of carbonyl (C=O) groups is 1. The fourth-order valence-corrected chi connectivity index (χ4v) is 5.78. The van der Waals surface area contributed by atoms with Crippen LogP contribution in [0.4, 0.5) is 0 Å². The standard InChI is InChI=1S/C20H29N3O3S2/c1-5-15-13(4)28-18-17(15)19(25)23(11-14-9-8-10-26-14)20(21-18)27-12-16(24)22(6-2)7-3/h14H,5-12H2,1-4H3. The first-order valence-corrected chi connectivity index (χ1v) is 11.8. The number of hydrogen-bond donors (Lipinski definition) is 0. The first-order valence-electron chi connectivity index (χ1n) is 10.0. The first-order chi connectivity index (χ1) is 13.5. The Balaban J connectivity index is 1.98. The van der Waals surface area contributed by atoms with Gasteiger partial charge in [-0.1, -0.05) is 18.7 Å². The molecule has 0 aliphatic carbocycles. The van der Waals surface area contributed by atoms with Gasteiger partial charge >= 0.3 is 0 Å². The average Bonchev–Trinajstić information content (AvgIpc) is 3.30. The molecule has 1 unspecified atom stereocenters.